The number of hydrogen-bond donors (Lipinski definition) is 2. The zero-order valence-corrected chi connectivity index (χ0v) is 14.2. The Hall–Kier alpha value is -0.330. The minimum absolute atomic E-state index is 0.0229. The second-order valence-corrected chi connectivity index (χ2v) is 8.16. The van der Waals surface area contributed by atoms with Crippen LogP contribution in [-0.4, -0.2) is 20.1 Å². The van der Waals surface area contributed by atoms with Crippen molar-refractivity contribution in [2.24, 2.45) is 5.41 Å². The zero-order chi connectivity index (χ0) is 15.7. The van der Waals surface area contributed by atoms with Crippen LogP contribution in [0, 0.1) is 5.41 Å². The van der Waals surface area contributed by atoms with E-state index in [1.165, 1.54) is 12.1 Å². The quantitative estimate of drug-likeness (QED) is 0.791. The summed E-state index contributed by atoms with van der Waals surface area (Å²) in [5.41, 5.74) is 0.409. The van der Waals surface area contributed by atoms with E-state index in [2.05, 4.69) is 11.6 Å². The molecule has 0 unspecified atom stereocenters. The molecule has 0 saturated heterocycles. The molecule has 0 aliphatic heterocycles. The average molecular weight is 352 g/mol. The average Bonchev–Trinajstić information content (AvgIpc) is 3.19. The number of halogens is 2. The van der Waals surface area contributed by atoms with Gasteiger partial charge in [0.1, 0.15) is 4.90 Å². The molecule has 0 amide bonds. The molecular formula is C14H19Cl2NO3S. The Bertz CT molecular complexity index is 627. The van der Waals surface area contributed by atoms with Crippen molar-refractivity contribution in [3.8, 4) is 0 Å². The van der Waals surface area contributed by atoms with Gasteiger partial charge in [0.15, 0.2) is 0 Å². The highest BCUT2D eigenvalue weighted by atomic mass is 35.5. The third-order valence-corrected chi connectivity index (χ3v) is 6.12. The molecule has 1 aromatic carbocycles. The van der Waals surface area contributed by atoms with Crippen molar-refractivity contribution in [3.63, 3.8) is 0 Å². The molecule has 21 heavy (non-hydrogen) atoms. The first-order chi connectivity index (χ1) is 9.83. The van der Waals surface area contributed by atoms with Gasteiger partial charge in [-0.05, 0) is 42.4 Å². The van der Waals surface area contributed by atoms with Crippen LogP contribution in [-0.2, 0) is 16.6 Å². The van der Waals surface area contributed by atoms with Crippen LogP contribution in [0.5, 0.6) is 0 Å². The lowest BCUT2D eigenvalue weighted by Crippen LogP contribution is -2.30. The fourth-order valence-corrected chi connectivity index (χ4v) is 4.56. The largest absolute Gasteiger partial charge is 0.392 e. The molecular weight excluding hydrogens is 333 g/mol. The molecule has 0 atom stereocenters. The predicted octanol–water partition coefficient (Wildman–Crippen LogP) is 3.34. The minimum Gasteiger partial charge on any atom is -0.392 e. The maximum atomic E-state index is 12.4. The van der Waals surface area contributed by atoms with Crippen LogP contribution in [0.3, 0.4) is 0 Å². The predicted molar refractivity (Wildman–Crippen MR) is 84.1 cm³/mol. The highest BCUT2D eigenvalue weighted by Crippen LogP contribution is 2.49. The summed E-state index contributed by atoms with van der Waals surface area (Å²) < 4.78 is 27.5. The Morgan fingerprint density at radius 1 is 1.33 bits per heavy atom. The lowest BCUT2D eigenvalue weighted by atomic mass is 10.0. The van der Waals surface area contributed by atoms with Gasteiger partial charge < -0.3 is 5.11 Å². The van der Waals surface area contributed by atoms with Gasteiger partial charge in [-0.25, -0.2) is 13.1 Å². The van der Waals surface area contributed by atoms with E-state index in [0.29, 0.717) is 12.1 Å². The first-order valence-corrected chi connectivity index (χ1v) is 9.16. The topological polar surface area (TPSA) is 66.4 Å². The molecule has 1 saturated carbocycles. The third-order valence-electron chi connectivity index (χ3n) is 3.91. The van der Waals surface area contributed by atoms with Gasteiger partial charge >= 0.3 is 0 Å². The number of benzene rings is 1. The molecule has 1 aromatic rings. The summed E-state index contributed by atoms with van der Waals surface area (Å²) in [4.78, 5) is -0.0759. The first kappa shape index (κ1) is 17.0. The van der Waals surface area contributed by atoms with Crippen molar-refractivity contribution in [1.82, 2.24) is 4.72 Å². The van der Waals surface area contributed by atoms with E-state index in [4.69, 9.17) is 23.2 Å². The second kappa shape index (κ2) is 6.42. The Morgan fingerprint density at radius 3 is 2.52 bits per heavy atom. The van der Waals surface area contributed by atoms with Crippen LogP contribution in [0.4, 0.5) is 0 Å². The van der Waals surface area contributed by atoms with Crippen molar-refractivity contribution < 1.29 is 13.5 Å². The summed E-state index contributed by atoms with van der Waals surface area (Å²) in [5, 5.41) is 9.47. The molecule has 7 heteroatoms. The summed E-state index contributed by atoms with van der Waals surface area (Å²) >= 11 is 12.0. The summed E-state index contributed by atoms with van der Waals surface area (Å²) in [6.45, 7) is 2.15. The van der Waals surface area contributed by atoms with Gasteiger partial charge in [-0.3, -0.25) is 0 Å². The monoisotopic (exact) mass is 351 g/mol. The van der Waals surface area contributed by atoms with Crippen LogP contribution >= 0.6 is 23.2 Å². The maximum Gasteiger partial charge on any atom is 0.242 e. The second-order valence-electron chi connectivity index (χ2n) is 5.61. The van der Waals surface area contributed by atoms with Gasteiger partial charge in [-0.1, -0.05) is 36.5 Å². The maximum absolute atomic E-state index is 12.4. The molecule has 0 heterocycles. The van der Waals surface area contributed by atoms with E-state index in [-0.39, 0.29) is 27.0 Å². The number of aliphatic hydroxyl groups excluding tert-OH is 1. The summed E-state index contributed by atoms with van der Waals surface area (Å²) in [5.74, 6) is 0. The van der Waals surface area contributed by atoms with Crippen LogP contribution in [0.15, 0.2) is 17.0 Å². The highest BCUT2D eigenvalue weighted by molar-refractivity contribution is 7.89. The molecule has 1 aliphatic carbocycles. The first-order valence-electron chi connectivity index (χ1n) is 6.92. The van der Waals surface area contributed by atoms with E-state index in [1.54, 1.807) is 0 Å². The van der Waals surface area contributed by atoms with Gasteiger partial charge in [0.25, 0.3) is 0 Å². The van der Waals surface area contributed by atoms with Crippen molar-refractivity contribution in [1.29, 1.82) is 0 Å². The van der Waals surface area contributed by atoms with E-state index >= 15 is 0 Å². The molecule has 0 spiro atoms. The number of nitrogens with one attached hydrogen (secondary N) is 1. The SMILES string of the molecule is CCCC1(CNS(=O)(=O)c2cc(Cl)cc(CO)c2Cl)CC1. The Labute approximate surface area is 135 Å². The number of aliphatic hydroxyl groups is 1. The Kier molecular flexibility index (Phi) is 5.21. The number of rotatable bonds is 7. The lowest BCUT2D eigenvalue weighted by Gasteiger charge is -2.16. The molecule has 118 valence electrons. The van der Waals surface area contributed by atoms with E-state index in [0.717, 1.165) is 25.7 Å². The molecule has 0 bridgehead atoms. The molecule has 1 fully saturated rings. The normalized spacial score (nSPS) is 17.0. The van der Waals surface area contributed by atoms with Crippen molar-refractivity contribution in [2.45, 2.75) is 44.1 Å². The van der Waals surface area contributed by atoms with Crippen LogP contribution in [0.25, 0.3) is 0 Å². The van der Waals surface area contributed by atoms with Gasteiger partial charge in [0.05, 0.1) is 11.6 Å². The summed E-state index contributed by atoms with van der Waals surface area (Å²) in [7, 11) is -3.74. The molecule has 0 aromatic heterocycles. The lowest BCUT2D eigenvalue weighted by molar-refractivity contribution is 0.281. The zero-order valence-electron chi connectivity index (χ0n) is 11.8. The highest BCUT2D eigenvalue weighted by Gasteiger charge is 2.42. The summed E-state index contributed by atoms with van der Waals surface area (Å²) in [6, 6.07) is 2.77. The molecule has 2 N–H and O–H groups in total. The Morgan fingerprint density at radius 2 is 2.00 bits per heavy atom. The van der Waals surface area contributed by atoms with Crippen LogP contribution in [0.1, 0.15) is 38.2 Å². The molecule has 0 radical (unpaired) electrons. The van der Waals surface area contributed by atoms with Crippen molar-refractivity contribution >= 4 is 33.2 Å². The Balaban J connectivity index is 2.22. The van der Waals surface area contributed by atoms with Gasteiger partial charge in [0.2, 0.25) is 10.0 Å². The fourth-order valence-electron chi connectivity index (χ4n) is 2.48. The van der Waals surface area contributed by atoms with E-state index in [1.807, 2.05) is 0 Å². The number of sulfonamides is 1. The standard InChI is InChI=1S/C14H19Cl2NO3S/c1-2-3-14(4-5-14)9-17-21(19,20)12-7-11(15)6-10(8-18)13(12)16/h6-7,17-18H,2-5,8-9H2,1H3. The third kappa shape index (κ3) is 3.90. The van der Waals surface area contributed by atoms with Gasteiger partial charge in [-0.15, -0.1) is 0 Å². The van der Waals surface area contributed by atoms with Crippen molar-refractivity contribution in [3.05, 3.63) is 27.7 Å². The molecule has 2 rings (SSSR count). The van der Waals surface area contributed by atoms with E-state index < -0.39 is 10.0 Å². The smallest absolute Gasteiger partial charge is 0.242 e. The minimum atomic E-state index is -3.74. The van der Waals surface area contributed by atoms with Crippen LogP contribution < -0.4 is 4.72 Å². The van der Waals surface area contributed by atoms with Gasteiger partial charge in [0, 0.05) is 11.6 Å². The van der Waals surface area contributed by atoms with Gasteiger partial charge in [-0.2, -0.15) is 0 Å². The van der Waals surface area contributed by atoms with E-state index in [9.17, 15) is 13.5 Å². The van der Waals surface area contributed by atoms with Crippen LogP contribution in [0.2, 0.25) is 10.0 Å². The molecule has 4 nitrogen and oxygen atoms in total. The fraction of sp³-hybridized carbons (Fsp3) is 0.571. The summed E-state index contributed by atoms with van der Waals surface area (Å²) in [6.07, 6.45) is 4.15. The van der Waals surface area contributed by atoms with Crippen molar-refractivity contribution in [2.75, 3.05) is 6.54 Å². The number of hydrogen-bond acceptors (Lipinski definition) is 3. The molecule has 1 aliphatic rings.